The van der Waals surface area contributed by atoms with Crippen molar-refractivity contribution in [3.8, 4) is 5.88 Å². The van der Waals surface area contributed by atoms with Crippen LogP contribution in [0.3, 0.4) is 0 Å². The van der Waals surface area contributed by atoms with Gasteiger partial charge in [0.1, 0.15) is 6.33 Å². The lowest BCUT2D eigenvalue weighted by atomic mass is 10.1. The summed E-state index contributed by atoms with van der Waals surface area (Å²) in [4.78, 5) is 4.22. The zero-order chi connectivity index (χ0) is 10.1. The molecule has 0 aliphatic heterocycles. The lowest BCUT2D eigenvalue weighted by Crippen LogP contribution is -1.99. The van der Waals surface area contributed by atoms with Gasteiger partial charge in [-0.25, -0.2) is 4.98 Å². The molecule has 0 bridgehead atoms. The Morgan fingerprint density at radius 2 is 2.14 bits per heavy atom. The SMILES string of the molecule is COc1ccc(C(C)C)c2ncnn12. The summed E-state index contributed by atoms with van der Waals surface area (Å²) in [5.41, 5.74) is 2.06. The van der Waals surface area contributed by atoms with E-state index in [-0.39, 0.29) is 0 Å². The lowest BCUT2D eigenvalue weighted by molar-refractivity contribution is 0.385. The number of hydrogen-bond donors (Lipinski definition) is 0. The fourth-order valence-electron chi connectivity index (χ4n) is 1.51. The second kappa shape index (κ2) is 3.29. The van der Waals surface area contributed by atoms with E-state index in [1.165, 1.54) is 5.56 Å². The van der Waals surface area contributed by atoms with Crippen molar-refractivity contribution in [2.75, 3.05) is 7.11 Å². The fraction of sp³-hybridized carbons (Fsp3) is 0.400. The fourth-order valence-corrected chi connectivity index (χ4v) is 1.51. The largest absolute Gasteiger partial charge is 0.481 e. The first-order chi connectivity index (χ1) is 6.74. The van der Waals surface area contributed by atoms with Crippen molar-refractivity contribution in [2.24, 2.45) is 0 Å². The van der Waals surface area contributed by atoms with Gasteiger partial charge in [-0.1, -0.05) is 13.8 Å². The van der Waals surface area contributed by atoms with Gasteiger partial charge >= 0.3 is 0 Å². The van der Waals surface area contributed by atoms with Gasteiger partial charge in [0.05, 0.1) is 7.11 Å². The Hall–Kier alpha value is -1.58. The minimum Gasteiger partial charge on any atom is -0.481 e. The molecule has 4 heteroatoms. The normalized spacial score (nSPS) is 11.1. The number of aromatic nitrogens is 3. The van der Waals surface area contributed by atoms with Gasteiger partial charge in [0.15, 0.2) is 5.65 Å². The van der Waals surface area contributed by atoms with Gasteiger partial charge in [-0.15, -0.1) is 0 Å². The summed E-state index contributed by atoms with van der Waals surface area (Å²) in [6.07, 6.45) is 1.55. The van der Waals surface area contributed by atoms with Crippen LogP contribution >= 0.6 is 0 Å². The molecule has 0 aliphatic carbocycles. The molecule has 4 nitrogen and oxygen atoms in total. The monoisotopic (exact) mass is 191 g/mol. The van der Waals surface area contributed by atoms with Crippen LogP contribution in [-0.2, 0) is 0 Å². The van der Waals surface area contributed by atoms with Gasteiger partial charge < -0.3 is 4.74 Å². The Morgan fingerprint density at radius 1 is 1.36 bits per heavy atom. The molecule has 2 aromatic heterocycles. The first-order valence-electron chi connectivity index (χ1n) is 4.60. The van der Waals surface area contributed by atoms with E-state index in [0.29, 0.717) is 11.8 Å². The van der Waals surface area contributed by atoms with Crippen molar-refractivity contribution in [3.63, 3.8) is 0 Å². The Kier molecular flexibility index (Phi) is 2.11. The van der Waals surface area contributed by atoms with Crippen LogP contribution in [-0.4, -0.2) is 21.7 Å². The van der Waals surface area contributed by atoms with Crippen molar-refractivity contribution >= 4 is 5.65 Å². The standard InChI is InChI=1S/C10H13N3O/c1-7(2)8-4-5-9(14-3)13-10(8)11-6-12-13/h4-7H,1-3H3. The van der Waals surface area contributed by atoms with Gasteiger partial charge in [0.25, 0.3) is 0 Å². The molecule has 74 valence electrons. The molecule has 0 spiro atoms. The molecule has 0 radical (unpaired) electrons. The number of methoxy groups -OCH3 is 1. The van der Waals surface area contributed by atoms with Crippen molar-refractivity contribution in [1.82, 2.24) is 14.6 Å². The van der Waals surface area contributed by atoms with Crippen LogP contribution in [0.15, 0.2) is 18.5 Å². The molecule has 2 heterocycles. The molecule has 0 unspecified atom stereocenters. The smallest absolute Gasteiger partial charge is 0.216 e. The van der Waals surface area contributed by atoms with Gasteiger partial charge in [-0.05, 0) is 17.5 Å². The Labute approximate surface area is 82.5 Å². The predicted molar refractivity (Wildman–Crippen MR) is 53.6 cm³/mol. The molecule has 0 aliphatic rings. The van der Waals surface area contributed by atoms with E-state index in [1.807, 2.05) is 12.1 Å². The predicted octanol–water partition coefficient (Wildman–Crippen LogP) is 1.86. The third-order valence-corrected chi connectivity index (χ3v) is 2.25. The number of pyridine rings is 1. The van der Waals surface area contributed by atoms with E-state index in [0.717, 1.165) is 5.65 Å². The second-order valence-corrected chi connectivity index (χ2v) is 3.48. The highest BCUT2D eigenvalue weighted by Crippen LogP contribution is 2.22. The van der Waals surface area contributed by atoms with E-state index < -0.39 is 0 Å². The molecule has 0 saturated heterocycles. The summed E-state index contributed by atoms with van der Waals surface area (Å²) < 4.78 is 6.90. The van der Waals surface area contributed by atoms with Gasteiger partial charge in [-0.2, -0.15) is 9.61 Å². The van der Waals surface area contributed by atoms with Gasteiger partial charge in [-0.3, -0.25) is 0 Å². The summed E-state index contributed by atoms with van der Waals surface area (Å²) in [6, 6.07) is 3.95. The Morgan fingerprint density at radius 3 is 2.79 bits per heavy atom. The molecule has 0 atom stereocenters. The molecule has 14 heavy (non-hydrogen) atoms. The van der Waals surface area contributed by atoms with Crippen LogP contribution in [0.25, 0.3) is 5.65 Å². The van der Waals surface area contributed by atoms with E-state index >= 15 is 0 Å². The average molecular weight is 191 g/mol. The number of rotatable bonds is 2. The van der Waals surface area contributed by atoms with Gasteiger partial charge in [0, 0.05) is 6.07 Å². The van der Waals surface area contributed by atoms with Crippen LogP contribution < -0.4 is 4.74 Å². The highest BCUT2D eigenvalue weighted by molar-refractivity contribution is 5.50. The molecule has 0 N–H and O–H groups in total. The molecule has 0 amide bonds. The molecule has 0 saturated carbocycles. The molecule has 0 fully saturated rings. The first kappa shape index (κ1) is 8.99. The zero-order valence-corrected chi connectivity index (χ0v) is 8.56. The van der Waals surface area contributed by atoms with Gasteiger partial charge in [0.2, 0.25) is 5.88 Å². The zero-order valence-electron chi connectivity index (χ0n) is 8.56. The van der Waals surface area contributed by atoms with E-state index in [4.69, 9.17) is 4.74 Å². The maximum Gasteiger partial charge on any atom is 0.216 e. The van der Waals surface area contributed by atoms with Crippen LogP contribution in [0.4, 0.5) is 0 Å². The number of fused-ring (bicyclic) bond motifs is 1. The van der Waals surface area contributed by atoms with Crippen molar-refractivity contribution in [1.29, 1.82) is 0 Å². The summed E-state index contributed by atoms with van der Waals surface area (Å²) in [6.45, 7) is 4.27. The van der Waals surface area contributed by atoms with Crippen LogP contribution in [0.5, 0.6) is 5.88 Å². The maximum absolute atomic E-state index is 5.18. The molecule has 2 aromatic rings. The lowest BCUT2D eigenvalue weighted by Gasteiger charge is -2.08. The summed E-state index contributed by atoms with van der Waals surface area (Å²) >= 11 is 0. The summed E-state index contributed by atoms with van der Waals surface area (Å²) in [5, 5.41) is 4.11. The molecule has 0 aromatic carbocycles. The van der Waals surface area contributed by atoms with Crippen LogP contribution in [0.2, 0.25) is 0 Å². The van der Waals surface area contributed by atoms with Crippen molar-refractivity contribution in [2.45, 2.75) is 19.8 Å². The third-order valence-electron chi connectivity index (χ3n) is 2.25. The first-order valence-corrected chi connectivity index (χ1v) is 4.60. The highest BCUT2D eigenvalue weighted by Gasteiger charge is 2.10. The molecular weight excluding hydrogens is 178 g/mol. The van der Waals surface area contributed by atoms with E-state index in [1.54, 1.807) is 18.0 Å². The second-order valence-electron chi connectivity index (χ2n) is 3.48. The van der Waals surface area contributed by atoms with E-state index in [9.17, 15) is 0 Å². The Balaban J connectivity index is 2.72. The molecule has 2 rings (SSSR count). The topological polar surface area (TPSA) is 39.4 Å². The number of nitrogens with zero attached hydrogens (tertiary/aromatic N) is 3. The number of hydrogen-bond acceptors (Lipinski definition) is 3. The quantitative estimate of drug-likeness (QED) is 0.727. The average Bonchev–Trinajstić information content (AvgIpc) is 2.64. The third kappa shape index (κ3) is 1.23. The minimum atomic E-state index is 0.438. The van der Waals surface area contributed by atoms with Crippen molar-refractivity contribution in [3.05, 3.63) is 24.0 Å². The number of ether oxygens (including phenoxy) is 1. The van der Waals surface area contributed by atoms with Crippen LogP contribution in [0, 0.1) is 0 Å². The maximum atomic E-state index is 5.18. The highest BCUT2D eigenvalue weighted by atomic mass is 16.5. The van der Waals surface area contributed by atoms with E-state index in [2.05, 4.69) is 23.9 Å². The van der Waals surface area contributed by atoms with Crippen LogP contribution in [0.1, 0.15) is 25.3 Å². The Bertz CT molecular complexity index is 448. The molecular formula is C10H13N3O. The summed E-state index contributed by atoms with van der Waals surface area (Å²) in [5.74, 6) is 1.15. The summed E-state index contributed by atoms with van der Waals surface area (Å²) in [7, 11) is 1.63. The minimum absolute atomic E-state index is 0.438. The van der Waals surface area contributed by atoms with Crippen molar-refractivity contribution < 1.29 is 4.74 Å².